The van der Waals surface area contributed by atoms with E-state index in [1.165, 1.54) is 12.3 Å². The van der Waals surface area contributed by atoms with E-state index in [0.29, 0.717) is 46.2 Å². The number of rotatable bonds is 7. The first-order valence-corrected chi connectivity index (χ1v) is 12.6. The number of nitriles is 2. The lowest BCUT2D eigenvalue weighted by Crippen LogP contribution is -2.38. The fourth-order valence-electron chi connectivity index (χ4n) is 4.46. The Kier molecular flexibility index (Phi) is 6.28. The minimum absolute atomic E-state index is 0.0611. The maximum atomic E-state index is 15.5. The summed E-state index contributed by atoms with van der Waals surface area (Å²) >= 11 is 0. The molecule has 1 unspecified atom stereocenters. The van der Waals surface area contributed by atoms with Crippen LogP contribution in [0.1, 0.15) is 62.0 Å². The molecule has 1 fully saturated rings. The lowest BCUT2D eigenvalue weighted by molar-refractivity contribution is 0.443. The molecule has 8 nitrogen and oxygen atoms in total. The first-order valence-electron chi connectivity index (χ1n) is 12.6. The fraction of sp³-hybridized carbons (Fsp3) is 0.321. The normalized spacial score (nSPS) is 14.9. The quantitative estimate of drug-likeness (QED) is 0.356. The highest BCUT2D eigenvalue weighted by molar-refractivity contribution is 6.19. The van der Waals surface area contributed by atoms with Crippen LogP contribution in [0.2, 0.25) is 0 Å². The Balaban J connectivity index is 1.64. The third-order valence-electron chi connectivity index (χ3n) is 6.75. The molecule has 5 rings (SSSR count). The SMILES string of the molecule is BC(Nc1cc(F)c2ncc(C#N)c(NCC(C)(C)C)c2c1)(c1cccc(C#N)c1)c1cn(C2CC2)nn1. The summed E-state index contributed by atoms with van der Waals surface area (Å²) in [5.74, 6) is -0.511. The minimum atomic E-state index is -0.931. The molecule has 1 aliphatic rings. The van der Waals surface area contributed by atoms with Gasteiger partial charge in [-0.3, -0.25) is 4.98 Å². The summed E-state index contributed by atoms with van der Waals surface area (Å²) in [5.41, 5.74) is 2.50. The number of nitrogens with zero attached hydrogens (tertiary/aromatic N) is 6. The van der Waals surface area contributed by atoms with Crippen molar-refractivity contribution in [3.8, 4) is 12.1 Å². The molecule has 2 N–H and O–H groups in total. The molecule has 2 heterocycles. The van der Waals surface area contributed by atoms with Gasteiger partial charge < -0.3 is 10.6 Å². The van der Waals surface area contributed by atoms with Crippen LogP contribution in [-0.2, 0) is 5.44 Å². The number of pyridine rings is 1. The van der Waals surface area contributed by atoms with Gasteiger partial charge in [-0.2, -0.15) is 10.5 Å². The van der Waals surface area contributed by atoms with Crippen molar-refractivity contribution in [1.29, 1.82) is 10.5 Å². The number of hydrogen-bond acceptors (Lipinski definition) is 7. The smallest absolute Gasteiger partial charge is 0.151 e. The van der Waals surface area contributed by atoms with E-state index in [1.54, 1.807) is 18.2 Å². The first-order chi connectivity index (χ1) is 18.1. The van der Waals surface area contributed by atoms with E-state index < -0.39 is 11.3 Å². The van der Waals surface area contributed by atoms with Crippen LogP contribution >= 0.6 is 0 Å². The predicted octanol–water partition coefficient (Wildman–Crippen LogP) is 4.45. The van der Waals surface area contributed by atoms with Gasteiger partial charge in [0.2, 0.25) is 0 Å². The lowest BCUT2D eigenvalue weighted by atomic mass is 9.69. The van der Waals surface area contributed by atoms with Crippen molar-refractivity contribution >= 4 is 30.1 Å². The van der Waals surface area contributed by atoms with Crippen molar-refractivity contribution in [2.75, 3.05) is 17.2 Å². The van der Waals surface area contributed by atoms with Gasteiger partial charge in [0.1, 0.15) is 25.1 Å². The minimum Gasteiger partial charge on any atom is -0.383 e. The zero-order valence-corrected chi connectivity index (χ0v) is 21.9. The second-order valence-corrected chi connectivity index (χ2v) is 11.2. The van der Waals surface area contributed by atoms with E-state index in [2.05, 4.69) is 58.8 Å². The Morgan fingerprint density at radius 3 is 2.63 bits per heavy atom. The van der Waals surface area contributed by atoms with E-state index in [1.807, 2.05) is 30.9 Å². The topological polar surface area (TPSA) is 115 Å². The van der Waals surface area contributed by atoms with Crippen molar-refractivity contribution in [3.63, 3.8) is 0 Å². The molecule has 1 aliphatic carbocycles. The van der Waals surface area contributed by atoms with Crippen molar-refractivity contribution in [2.45, 2.75) is 45.1 Å². The van der Waals surface area contributed by atoms with Gasteiger partial charge in [0.25, 0.3) is 0 Å². The highest BCUT2D eigenvalue weighted by Gasteiger charge is 2.35. The maximum Gasteiger partial charge on any atom is 0.151 e. The van der Waals surface area contributed by atoms with Crippen LogP contribution in [0, 0.1) is 33.9 Å². The van der Waals surface area contributed by atoms with Crippen LogP contribution in [0.3, 0.4) is 0 Å². The number of hydrogen-bond donors (Lipinski definition) is 2. The van der Waals surface area contributed by atoms with Gasteiger partial charge in [0.15, 0.2) is 5.82 Å². The largest absolute Gasteiger partial charge is 0.383 e. The number of nitrogens with one attached hydrogen (secondary N) is 2. The van der Waals surface area contributed by atoms with Gasteiger partial charge in [-0.25, -0.2) is 9.07 Å². The number of aromatic nitrogens is 4. The van der Waals surface area contributed by atoms with Crippen LogP contribution in [0.4, 0.5) is 15.8 Å². The second-order valence-electron chi connectivity index (χ2n) is 11.2. The third-order valence-corrected chi connectivity index (χ3v) is 6.75. The molecule has 2 aromatic carbocycles. The van der Waals surface area contributed by atoms with E-state index >= 15 is 4.39 Å². The maximum absolute atomic E-state index is 15.5. The third kappa shape index (κ3) is 4.90. The van der Waals surface area contributed by atoms with Crippen LogP contribution in [0.5, 0.6) is 0 Å². The molecule has 4 aromatic rings. The van der Waals surface area contributed by atoms with E-state index in [-0.39, 0.29) is 10.9 Å². The number of fused-ring (bicyclic) bond motifs is 1. The Bertz CT molecular complexity index is 1610. The average Bonchev–Trinajstić information content (AvgIpc) is 3.62. The standard InChI is InChI=1S/C28H28BFN8/c1-27(2,3)16-34-25-18(13-32)14-33-26-22(25)10-20(11-23(26)30)35-28(29,19-6-4-5-17(9-19)12-31)24-15-38(37-36-24)21-7-8-21/h4-6,9-11,14-15,21,35H,7-8,16,29H2,1-3H3,(H,33,34). The molecule has 0 aliphatic heterocycles. The molecule has 0 saturated heterocycles. The number of halogens is 1. The zero-order valence-electron chi connectivity index (χ0n) is 21.9. The summed E-state index contributed by atoms with van der Waals surface area (Å²) in [6.07, 6.45) is 5.43. The summed E-state index contributed by atoms with van der Waals surface area (Å²) in [7, 11) is 1.94. The molecule has 38 heavy (non-hydrogen) atoms. The fourth-order valence-corrected chi connectivity index (χ4v) is 4.46. The Morgan fingerprint density at radius 2 is 1.95 bits per heavy atom. The Morgan fingerprint density at radius 1 is 1.16 bits per heavy atom. The molecule has 0 amide bonds. The van der Waals surface area contributed by atoms with E-state index in [4.69, 9.17) is 0 Å². The van der Waals surface area contributed by atoms with E-state index in [9.17, 15) is 10.5 Å². The summed E-state index contributed by atoms with van der Waals surface area (Å²) in [4.78, 5) is 4.24. The van der Waals surface area contributed by atoms with Gasteiger partial charge >= 0.3 is 0 Å². The average molecular weight is 506 g/mol. The molecule has 0 radical (unpaired) electrons. The van der Waals surface area contributed by atoms with Gasteiger partial charge in [-0.15, -0.1) is 5.10 Å². The highest BCUT2D eigenvalue weighted by Crippen LogP contribution is 2.37. The zero-order chi connectivity index (χ0) is 27.1. The van der Waals surface area contributed by atoms with E-state index in [0.717, 1.165) is 18.4 Å². The molecule has 0 spiro atoms. The van der Waals surface area contributed by atoms with Gasteiger partial charge in [-0.05, 0) is 48.1 Å². The monoisotopic (exact) mass is 506 g/mol. The van der Waals surface area contributed by atoms with Crippen molar-refractivity contribution in [2.24, 2.45) is 5.41 Å². The van der Waals surface area contributed by atoms with Crippen molar-refractivity contribution in [3.05, 3.63) is 77.0 Å². The van der Waals surface area contributed by atoms with Crippen LogP contribution in [-0.4, -0.2) is 34.4 Å². The summed E-state index contributed by atoms with van der Waals surface area (Å²) in [6.45, 7) is 6.83. The van der Waals surface area contributed by atoms with Gasteiger partial charge in [-0.1, -0.05) is 38.1 Å². The van der Waals surface area contributed by atoms with Gasteiger partial charge in [0.05, 0.1) is 40.6 Å². The molecular weight excluding hydrogens is 478 g/mol. The molecule has 1 saturated carbocycles. The summed E-state index contributed by atoms with van der Waals surface area (Å²) < 4.78 is 17.3. The lowest BCUT2D eigenvalue weighted by Gasteiger charge is -2.31. The molecule has 190 valence electrons. The number of anilines is 2. The first kappa shape index (κ1) is 25.2. The highest BCUT2D eigenvalue weighted by atomic mass is 19.1. The molecule has 10 heteroatoms. The van der Waals surface area contributed by atoms with Crippen molar-refractivity contribution in [1.82, 2.24) is 20.0 Å². The molecule has 0 bridgehead atoms. The van der Waals surface area contributed by atoms with Gasteiger partial charge in [0, 0.05) is 23.8 Å². The van der Waals surface area contributed by atoms with Crippen molar-refractivity contribution < 1.29 is 4.39 Å². The van der Waals surface area contributed by atoms with Crippen LogP contribution < -0.4 is 10.6 Å². The molecule has 1 atom stereocenters. The number of benzene rings is 2. The molecule has 2 aromatic heterocycles. The van der Waals surface area contributed by atoms with Crippen LogP contribution in [0.25, 0.3) is 10.9 Å². The summed E-state index contributed by atoms with van der Waals surface area (Å²) in [5, 5.41) is 35.4. The van der Waals surface area contributed by atoms with Crippen LogP contribution in [0.15, 0.2) is 48.8 Å². The molecular formula is C28H28BFN8. The predicted molar refractivity (Wildman–Crippen MR) is 147 cm³/mol. The Hall–Kier alpha value is -4.44. The Labute approximate surface area is 221 Å². The summed E-state index contributed by atoms with van der Waals surface area (Å²) in [6, 6.07) is 15.2. The second kappa shape index (κ2) is 9.46.